The van der Waals surface area contributed by atoms with Gasteiger partial charge in [-0.1, -0.05) is 24.6 Å². The number of aromatic amines is 1. The van der Waals surface area contributed by atoms with Gasteiger partial charge in [-0.3, -0.25) is 9.59 Å². The van der Waals surface area contributed by atoms with E-state index in [1.165, 1.54) is 6.07 Å². The Kier molecular flexibility index (Phi) is 4.34. The van der Waals surface area contributed by atoms with Gasteiger partial charge in [-0.05, 0) is 25.3 Å². The van der Waals surface area contributed by atoms with Gasteiger partial charge in [0.2, 0.25) is 5.56 Å². The summed E-state index contributed by atoms with van der Waals surface area (Å²) in [6.45, 7) is 0. The number of nitrogens with one attached hydrogen (secondary N) is 2. The van der Waals surface area contributed by atoms with Gasteiger partial charge in [0.25, 0.3) is 5.91 Å². The second kappa shape index (κ2) is 6.30. The van der Waals surface area contributed by atoms with E-state index >= 15 is 0 Å². The molecule has 1 fully saturated rings. The standard InChI is InChI=1S/C17H17F3N2O2/c18-17(19,20)10-4-3-5-11(8-10)21-16(24)13-9-15(23)22-14-7-2-1-6-12(13)14/h1-2,6-7,9-11H,3-5,8H2,(H,21,24)(H,22,23)/t10-,11+/m1/s1. The molecule has 2 atom stereocenters. The van der Waals surface area contributed by atoms with Crippen LogP contribution in [-0.4, -0.2) is 23.1 Å². The Balaban J connectivity index is 1.82. The van der Waals surface area contributed by atoms with Crippen molar-refractivity contribution in [2.45, 2.75) is 37.9 Å². The van der Waals surface area contributed by atoms with Crippen LogP contribution in [0.2, 0.25) is 0 Å². The van der Waals surface area contributed by atoms with Gasteiger partial charge in [0.15, 0.2) is 0 Å². The first kappa shape index (κ1) is 16.5. The van der Waals surface area contributed by atoms with E-state index in [2.05, 4.69) is 10.3 Å². The maximum atomic E-state index is 12.9. The Morgan fingerprint density at radius 3 is 2.71 bits per heavy atom. The minimum atomic E-state index is -4.24. The van der Waals surface area contributed by atoms with Crippen molar-refractivity contribution in [3.8, 4) is 0 Å². The molecular weight excluding hydrogens is 321 g/mol. The number of amides is 1. The summed E-state index contributed by atoms with van der Waals surface area (Å²) in [5.74, 6) is -1.89. The fourth-order valence-corrected chi connectivity index (χ4v) is 3.27. The number of hydrogen-bond acceptors (Lipinski definition) is 2. The molecule has 1 aromatic heterocycles. The number of rotatable bonds is 2. The molecule has 1 aliphatic carbocycles. The lowest BCUT2D eigenvalue weighted by molar-refractivity contribution is -0.183. The van der Waals surface area contributed by atoms with E-state index < -0.39 is 29.6 Å². The molecule has 7 heteroatoms. The molecule has 1 heterocycles. The predicted octanol–water partition coefficient (Wildman–Crippen LogP) is 3.38. The zero-order valence-electron chi connectivity index (χ0n) is 12.8. The lowest BCUT2D eigenvalue weighted by Crippen LogP contribution is -2.41. The summed E-state index contributed by atoms with van der Waals surface area (Å²) >= 11 is 0. The van der Waals surface area contributed by atoms with Crippen LogP contribution >= 0.6 is 0 Å². The normalized spacial score (nSPS) is 21.6. The van der Waals surface area contributed by atoms with Gasteiger partial charge in [0, 0.05) is 23.0 Å². The Morgan fingerprint density at radius 2 is 1.96 bits per heavy atom. The quantitative estimate of drug-likeness (QED) is 0.882. The molecule has 0 spiro atoms. The highest BCUT2D eigenvalue weighted by Crippen LogP contribution is 2.37. The van der Waals surface area contributed by atoms with Crippen molar-refractivity contribution in [2.24, 2.45) is 5.92 Å². The van der Waals surface area contributed by atoms with Crippen LogP contribution in [-0.2, 0) is 0 Å². The number of alkyl halides is 3. The third kappa shape index (κ3) is 3.44. The Labute approximate surface area is 136 Å². The molecule has 4 nitrogen and oxygen atoms in total. The highest BCUT2D eigenvalue weighted by Gasteiger charge is 2.42. The molecule has 128 valence electrons. The molecule has 1 amide bonds. The molecule has 3 rings (SSSR count). The number of carbonyl (C=O) groups excluding carboxylic acids is 1. The van der Waals surface area contributed by atoms with Gasteiger partial charge < -0.3 is 10.3 Å². The lowest BCUT2D eigenvalue weighted by atomic mass is 9.85. The molecule has 0 radical (unpaired) electrons. The number of hydrogen-bond donors (Lipinski definition) is 2. The van der Waals surface area contributed by atoms with Crippen LogP contribution in [0.15, 0.2) is 35.1 Å². The molecule has 24 heavy (non-hydrogen) atoms. The van der Waals surface area contributed by atoms with Crippen LogP contribution in [0, 0.1) is 5.92 Å². The highest BCUT2D eigenvalue weighted by atomic mass is 19.4. The molecule has 0 aliphatic heterocycles. The molecule has 2 N–H and O–H groups in total. The molecule has 0 unspecified atom stereocenters. The number of H-pyrrole nitrogens is 1. The summed E-state index contributed by atoms with van der Waals surface area (Å²) in [6.07, 6.45) is -3.31. The smallest absolute Gasteiger partial charge is 0.349 e. The summed E-state index contributed by atoms with van der Waals surface area (Å²) in [6, 6.07) is 7.48. The van der Waals surface area contributed by atoms with Crippen molar-refractivity contribution in [3.63, 3.8) is 0 Å². The average Bonchev–Trinajstić information content (AvgIpc) is 2.53. The third-order valence-electron chi connectivity index (χ3n) is 4.47. The monoisotopic (exact) mass is 338 g/mol. The minimum Gasteiger partial charge on any atom is -0.349 e. The number of para-hydroxylation sites is 1. The largest absolute Gasteiger partial charge is 0.391 e. The zero-order valence-corrected chi connectivity index (χ0v) is 12.8. The number of aromatic nitrogens is 1. The predicted molar refractivity (Wildman–Crippen MR) is 83.8 cm³/mol. The topological polar surface area (TPSA) is 62.0 Å². The number of carbonyl (C=O) groups is 1. The van der Waals surface area contributed by atoms with E-state index in [4.69, 9.17) is 0 Å². The summed E-state index contributed by atoms with van der Waals surface area (Å²) in [7, 11) is 0. The molecule has 1 saturated carbocycles. The molecule has 1 aromatic carbocycles. The van der Waals surface area contributed by atoms with Crippen LogP contribution in [0.25, 0.3) is 10.9 Å². The van der Waals surface area contributed by atoms with E-state index in [1.807, 2.05) is 0 Å². The van der Waals surface area contributed by atoms with Crippen molar-refractivity contribution in [1.29, 1.82) is 0 Å². The maximum Gasteiger partial charge on any atom is 0.391 e. The highest BCUT2D eigenvalue weighted by molar-refractivity contribution is 6.06. The Hall–Kier alpha value is -2.31. The second-order valence-corrected chi connectivity index (χ2v) is 6.17. The SMILES string of the molecule is O=C(N[C@H]1CCC[C@@H](C(F)(F)F)C1)c1cc(=O)[nH]c2ccccc12. The Morgan fingerprint density at radius 1 is 1.21 bits per heavy atom. The molecule has 0 bridgehead atoms. The van der Waals surface area contributed by atoms with Crippen molar-refractivity contribution >= 4 is 16.8 Å². The minimum absolute atomic E-state index is 0.101. The van der Waals surface area contributed by atoms with Gasteiger partial charge >= 0.3 is 6.18 Å². The first-order valence-corrected chi connectivity index (χ1v) is 7.84. The van der Waals surface area contributed by atoms with E-state index in [9.17, 15) is 22.8 Å². The van der Waals surface area contributed by atoms with Crippen molar-refractivity contribution in [3.05, 3.63) is 46.2 Å². The second-order valence-electron chi connectivity index (χ2n) is 6.17. The fraction of sp³-hybridized carbons (Fsp3) is 0.412. The van der Waals surface area contributed by atoms with Crippen molar-refractivity contribution < 1.29 is 18.0 Å². The van der Waals surface area contributed by atoms with Crippen LogP contribution in [0.5, 0.6) is 0 Å². The molecular formula is C17H17F3N2O2. The zero-order chi connectivity index (χ0) is 17.3. The maximum absolute atomic E-state index is 12.9. The lowest BCUT2D eigenvalue weighted by Gasteiger charge is -2.31. The average molecular weight is 338 g/mol. The number of pyridine rings is 1. The summed E-state index contributed by atoms with van der Waals surface area (Å²) in [4.78, 5) is 26.8. The first-order chi connectivity index (χ1) is 11.3. The molecule has 2 aromatic rings. The van der Waals surface area contributed by atoms with Gasteiger partial charge in [-0.15, -0.1) is 0 Å². The van der Waals surface area contributed by atoms with Crippen LogP contribution in [0.4, 0.5) is 13.2 Å². The Bertz CT molecular complexity index is 813. The van der Waals surface area contributed by atoms with E-state index in [-0.39, 0.29) is 18.4 Å². The number of fused-ring (bicyclic) bond motifs is 1. The number of benzene rings is 1. The van der Waals surface area contributed by atoms with E-state index in [0.29, 0.717) is 23.7 Å². The van der Waals surface area contributed by atoms with Gasteiger partial charge in [0.1, 0.15) is 0 Å². The van der Waals surface area contributed by atoms with Gasteiger partial charge in [0.05, 0.1) is 11.5 Å². The van der Waals surface area contributed by atoms with Crippen molar-refractivity contribution in [1.82, 2.24) is 10.3 Å². The third-order valence-corrected chi connectivity index (χ3v) is 4.47. The molecule has 1 aliphatic rings. The van der Waals surface area contributed by atoms with Crippen LogP contribution in [0.1, 0.15) is 36.0 Å². The van der Waals surface area contributed by atoms with E-state index in [1.54, 1.807) is 24.3 Å². The number of halogens is 3. The molecule has 0 saturated heterocycles. The summed E-state index contributed by atoms with van der Waals surface area (Å²) in [5.41, 5.74) is 0.283. The van der Waals surface area contributed by atoms with Gasteiger partial charge in [-0.2, -0.15) is 13.2 Å². The van der Waals surface area contributed by atoms with E-state index in [0.717, 1.165) is 0 Å². The van der Waals surface area contributed by atoms with Crippen LogP contribution in [0.3, 0.4) is 0 Å². The van der Waals surface area contributed by atoms with Crippen molar-refractivity contribution in [2.75, 3.05) is 0 Å². The van der Waals surface area contributed by atoms with Gasteiger partial charge in [-0.25, -0.2) is 0 Å². The first-order valence-electron chi connectivity index (χ1n) is 7.84. The van der Waals surface area contributed by atoms with Crippen LogP contribution < -0.4 is 10.9 Å². The fourth-order valence-electron chi connectivity index (χ4n) is 3.27. The summed E-state index contributed by atoms with van der Waals surface area (Å²) < 4.78 is 38.6. The summed E-state index contributed by atoms with van der Waals surface area (Å²) in [5, 5.41) is 3.23.